The first-order valence-electron chi connectivity index (χ1n) is 11.7. The Hall–Kier alpha value is -4.31. The predicted octanol–water partition coefficient (Wildman–Crippen LogP) is 1.22. The van der Waals surface area contributed by atoms with Crippen LogP contribution < -0.4 is 22.7 Å². The van der Waals surface area contributed by atoms with Gasteiger partial charge in [0.2, 0.25) is 0 Å². The molecule has 1 aliphatic heterocycles. The zero-order valence-corrected chi connectivity index (χ0v) is 20.2. The fourth-order valence-electron chi connectivity index (χ4n) is 4.11. The molecule has 0 aliphatic carbocycles. The lowest BCUT2D eigenvalue weighted by Gasteiger charge is -2.36. The molecule has 0 saturated carbocycles. The summed E-state index contributed by atoms with van der Waals surface area (Å²) in [7, 11) is 0. The van der Waals surface area contributed by atoms with Gasteiger partial charge in [-0.3, -0.25) is 14.3 Å². The highest BCUT2D eigenvalue weighted by molar-refractivity contribution is 5.46. The first kappa shape index (κ1) is 24.8. The van der Waals surface area contributed by atoms with Crippen LogP contribution in [0.15, 0.2) is 82.4 Å². The molecule has 3 heterocycles. The largest absolute Gasteiger partial charge is 0.503 e. The molecule has 10 nitrogen and oxygen atoms in total. The third-order valence-electron chi connectivity index (χ3n) is 6.25. The Morgan fingerprint density at radius 1 is 1.00 bits per heavy atom. The summed E-state index contributed by atoms with van der Waals surface area (Å²) in [6, 6.07) is 13.0. The van der Waals surface area contributed by atoms with Gasteiger partial charge in [-0.15, -0.1) is 0 Å². The van der Waals surface area contributed by atoms with Crippen LogP contribution in [0.1, 0.15) is 18.1 Å². The molecular weight excluding hydrogens is 458 g/mol. The SMILES string of the molecule is C/C(=C\C=C(/N)N1CCN(Cc2ccn(Cc3ccccc3)c(=O)c2O)CC1)n1ccc(N)nc1=O. The summed E-state index contributed by atoms with van der Waals surface area (Å²) in [4.78, 5) is 32.6. The van der Waals surface area contributed by atoms with Crippen molar-refractivity contribution < 1.29 is 5.11 Å². The molecule has 10 heteroatoms. The molecule has 1 saturated heterocycles. The number of hydrogen-bond donors (Lipinski definition) is 3. The highest BCUT2D eigenvalue weighted by atomic mass is 16.3. The number of pyridine rings is 1. The molecule has 0 radical (unpaired) electrons. The van der Waals surface area contributed by atoms with Crippen LogP contribution >= 0.6 is 0 Å². The molecule has 0 amide bonds. The predicted molar refractivity (Wildman–Crippen MR) is 140 cm³/mol. The van der Waals surface area contributed by atoms with E-state index in [2.05, 4.69) is 14.8 Å². The first-order chi connectivity index (χ1) is 17.3. The van der Waals surface area contributed by atoms with E-state index in [4.69, 9.17) is 11.5 Å². The van der Waals surface area contributed by atoms with E-state index in [1.165, 1.54) is 9.13 Å². The summed E-state index contributed by atoms with van der Waals surface area (Å²) in [5, 5.41) is 10.5. The number of piperazine rings is 1. The standard InChI is InChI=1S/C26H31N7O3/c1-19(33-12-10-22(27)29-26(33)36)7-8-23(28)31-15-13-30(14-16-31)18-21-9-11-32(25(35)24(21)34)17-20-5-3-2-4-6-20/h2-12,34H,13-18,28H2,1H3,(H2,27,29,36)/b19-7+,23-8+. The average Bonchev–Trinajstić information content (AvgIpc) is 2.88. The Labute approximate surface area is 209 Å². The number of nitrogens with two attached hydrogens (primary N) is 2. The number of nitrogen functional groups attached to an aromatic ring is 1. The van der Waals surface area contributed by atoms with Crippen LogP contribution in [0.5, 0.6) is 5.75 Å². The van der Waals surface area contributed by atoms with Crippen molar-refractivity contribution in [3.63, 3.8) is 0 Å². The monoisotopic (exact) mass is 489 g/mol. The minimum atomic E-state index is -0.444. The van der Waals surface area contributed by atoms with Crippen LogP contribution in [0, 0.1) is 0 Å². The highest BCUT2D eigenvalue weighted by Crippen LogP contribution is 2.17. The summed E-state index contributed by atoms with van der Waals surface area (Å²) in [5.74, 6) is 0.568. The second-order valence-corrected chi connectivity index (χ2v) is 8.78. The van der Waals surface area contributed by atoms with Crippen LogP contribution in [0.3, 0.4) is 0 Å². The molecule has 5 N–H and O–H groups in total. The molecule has 188 valence electrons. The summed E-state index contributed by atoms with van der Waals surface area (Å²) in [6.07, 6.45) is 6.85. The summed E-state index contributed by atoms with van der Waals surface area (Å²) in [5.41, 5.74) is 13.3. The van der Waals surface area contributed by atoms with E-state index >= 15 is 0 Å². The number of aromatic nitrogens is 3. The maximum atomic E-state index is 12.7. The molecule has 1 aliphatic rings. The number of anilines is 1. The van der Waals surface area contributed by atoms with Gasteiger partial charge in [-0.05, 0) is 36.8 Å². The van der Waals surface area contributed by atoms with Gasteiger partial charge in [0.1, 0.15) is 5.82 Å². The fourth-order valence-corrected chi connectivity index (χ4v) is 4.11. The van der Waals surface area contributed by atoms with Gasteiger partial charge in [-0.2, -0.15) is 4.98 Å². The second-order valence-electron chi connectivity index (χ2n) is 8.78. The van der Waals surface area contributed by atoms with Gasteiger partial charge >= 0.3 is 5.69 Å². The average molecular weight is 490 g/mol. The Balaban J connectivity index is 1.35. The van der Waals surface area contributed by atoms with Crippen molar-refractivity contribution in [2.24, 2.45) is 5.73 Å². The minimum Gasteiger partial charge on any atom is -0.503 e. The van der Waals surface area contributed by atoms with Crippen LogP contribution in [0.2, 0.25) is 0 Å². The number of hydrogen-bond acceptors (Lipinski definition) is 8. The van der Waals surface area contributed by atoms with Gasteiger partial charge in [0.25, 0.3) is 5.56 Å². The van der Waals surface area contributed by atoms with Crippen molar-refractivity contribution in [3.05, 3.63) is 105 Å². The lowest BCUT2D eigenvalue weighted by atomic mass is 10.2. The van der Waals surface area contributed by atoms with Crippen molar-refractivity contribution in [1.29, 1.82) is 0 Å². The van der Waals surface area contributed by atoms with Crippen molar-refractivity contribution >= 4 is 11.5 Å². The van der Waals surface area contributed by atoms with E-state index in [0.29, 0.717) is 43.3 Å². The summed E-state index contributed by atoms with van der Waals surface area (Å²) < 4.78 is 2.92. The third-order valence-corrected chi connectivity index (χ3v) is 6.25. The number of rotatable bonds is 7. The van der Waals surface area contributed by atoms with Gasteiger partial charge in [0, 0.05) is 56.4 Å². The van der Waals surface area contributed by atoms with Crippen LogP contribution in [-0.2, 0) is 13.1 Å². The van der Waals surface area contributed by atoms with Crippen molar-refractivity contribution in [1.82, 2.24) is 23.9 Å². The summed E-state index contributed by atoms with van der Waals surface area (Å²) in [6.45, 7) is 5.54. The maximum Gasteiger partial charge on any atom is 0.353 e. The third kappa shape index (κ3) is 5.84. The first-order valence-corrected chi connectivity index (χ1v) is 11.7. The molecule has 0 bridgehead atoms. The van der Waals surface area contributed by atoms with E-state index in [9.17, 15) is 14.7 Å². The van der Waals surface area contributed by atoms with Crippen molar-refractivity contribution in [2.45, 2.75) is 20.0 Å². The van der Waals surface area contributed by atoms with Crippen LogP contribution in [-0.4, -0.2) is 55.2 Å². The Morgan fingerprint density at radius 2 is 1.72 bits per heavy atom. The zero-order chi connectivity index (χ0) is 25.7. The lowest BCUT2D eigenvalue weighted by Crippen LogP contribution is -2.46. The normalized spacial score (nSPS) is 15.3. The second kappa shape index (κ2) is 11.0. The van der Waals surface area contributed by atoms with E-state index in [1.807, 2.05) is 36.4 Å². The lowest BCUT2D eigenvalue weighted by molar-refractivity contribution is 0.150. The van der Waals surface area contributed by atoms with Gasteiger partial charge in [0.05, 0.1) is 12.4 Å². The molecule has 0 spiro atoms. The Morgan fingerprint density at radius 3 is 2.42 bits per heavy atom. The fraction of sp³-hybridized carbons (Fsp3) is 0.269. The number of aromatic hydroxyl groups is 1. The molecule has 3 aromatic rings. The summed E-state index contributed by atoms with van der Waals surface area (Å²) >= 11 is 0. The van der Waals surface area contributed by atoms with Crippen LogP contribution in [0.25, 0.3) is 5.70 Å². The minimum absolute atomic E-state index is 0.179. The van der Waals surface area contributed by atoms with Gasteiger partial charge in [-0.1, -0.05) is 30.3 Å². The molecule has 1 aromatic carbocycles. The molecule has 2 aromatic heterocycles. The van der Waals surface area contributed by atoms with E-state index in [-0.39, 0.29) is 17.1 Å². The Kier molecular flexibility index (Phi) is 7.55. The van der Waals surface area contributed by atoms with E-state index < -0.39 is 5.69 Å². The van der Waals surface area contributed by atoms with E-state index in [1.54, 1.807) is 37.5 Å². The Bertz CT molecular complexity index is 1380. The van der Waals surface area contributed by atoms with E-state index in [0.717, 1.165) is 18.7 Å². The van der Waals surface area contributed by atoms with Crippen LogP contribution in [0.4, 0.5) is 5.82 Å². The quantitative estimate of drug-likeness (QED) is 0.422. The molecule has 36 heavy (non-hydrogen) atoms. The van der Waals surface area contributed by atoms with Gasteiger partial charge in [-0.25, -0.2) is 4.79 Å². The van der Waals surface area contributed by atoms with Crippen molar-refractivity contribution in [3.8, 4) is 5.75 Å². The molecule has 4 rings (SSSR count). The number of allylic oxidation sites excluding steroid dienone is 3. The molecular formula is C26H31N7O3. The van der Waals surface area contributed by atoms with Gasteiger partial charge < -0.3 is 26.0 Å². The topological polar surface area (TPSA) is 136 Å². The zero-order valence-electron chi connectivity index (χ0n) is 20.2. The van der Waals surface area contributed by atoms with Crippen molar-refractivity contribution in [2.75, 3.05) is 31.9 Å². The maximum absolute atomic E-state index is 12.7. The highest BCUT2D eigenvalue weighted by Gasteiger charge is 2.19. The smallest absolute Gasteiger partial charge is 0.353 e. The molecule has 1 fully saturated rings. The molecule has 0 unspecified atom stereocenters. The van der Waals surface area contributed by atoms with Gasteiger partial charge in [0.15, 0.2) is 5.75 Å². The number of benzene rings is 1. The number of nitrogens with zero attached hydrogens (tertiary/aromatic N) is 5. The molecule has 0 atom stereocenters.